The minimum Gasteiger partial charge on any atom is -0.446 e. The van der Waals surface area contributed by atoms with E-state index in [2.05, 4.69) is 101 Å². The number of furan rings is 1. The van der Waals surface area contributed by atoms with Crippen molar-refractivity contribution < 1.29 is 4.42 Å². The van der Waals surface area contributed by atoms with Crippen LogP contribution in [-0.4, -0.2) is 10.2 Å². The van der Waals surface area contributed by atoms with Crippen molar-refractivity contribution in [2.45, 2.75) is 38.4 Å². The van der Waals surface area contributed by atoms with Gasteiger partial charge in [0.2, 0.25) is 5.71 Å². The van der Waals surface area contributed by atoms with Crippen molar-refractivity contribution in [2.75, 3.05) is 0 Å². The standard InChI is InChI=1S/C30H27NOS/c1-18-17-32-29-28(18)23(27-15-20-10-6-8-12-26(20)33-27)16-25(31-29)21-13-19-9-5-7-11-22(19)24(14-21)30(2,3)4/h5-17,20,26H,1-4H3. The summed E-state index contributed by atoms with van der Waals surface area (Å²) in [6.07, 6.45) is 13.1. The van der Waals surface area contributed by atoms with Gasteiger partial charge in [-0.3, -0.25) is 0 Å². The van der Waals surface area contributed by atoms with Gasteiger partial charge < -0.3 is 4.42 Å². The van der Waals surface area contributed by atoms with Crippen LogP contribution in [0.25, 0.3) is 38.0 Å². The van der Waals surface area contributed by atoms with Crippen molar-refractivity contribution >= 4 is 38.5 Å². The molecule has 2 atom stereocenters. The van der Waals surface area contributed by atoms with E-state index in [-0.39, 0.29) is 5.41 Å². The third-order valence-electron chi connectivity index (χ3n) is 6.69. The molecule has 0 saturated carbocycles. The number of aryl methyl sites for hydroxylation is 1. The van der Waals surface area contributed by atoms with E-state index in [1.54, 1.807) is 0 Å². The van der Waals surface area contributed by atoms with E-state index >= 15 is 0 Å². The number of allylic oxidation sites excluding steroid dienone is 4. The van der Waals surface area contributed by atoms with Gasteiger partial charge in [-0.15, -0.1) is 11.8 Å². The number of hydrogen-bond acceptors (Lipinski definition) is 3. The highest BCUT2D eigenvalue weighted by atomic mass is 32.2. The van der Waals surface area contributed by atoms with Gasteiger partial charge in [-0.05, 0) is 52.4 Å². The highest BCUT2D eigenvalue weighted by molar-refractivity contribution is 8.09. The van der Waals surface area contributed by atoms with E-state index in [0.29, 0.717) is 16.9 Å². The minimum atomic E-state index is 0.0298. The van der Waals surface area contributed by atoms with E-state index in [1.807, 2.05) is 18.0 Å². The second kappa shape index (κ2) is 7.50. The van der Waals surface area contributed by atoms with Crippen molar-refractivity contribution in [3.05, 3.63) is 95.8 Å². The molecule has 4 aromatic rings. The Morgan fingerprint density at radius 1 is 1.00 bits per heavy atom. The molecule has 6 rings (SSSR count). The molecule has 2 unspecified atom stereocenters. The van der Waals surface area contributed by atoms with Gasteiger partial charge in [0.05, 0.1) is 17.3 Å². The predicted molar refractivity (Wildman–Crippen MR) is 142 cm³/mol. The molecule has 2 nitrogen and oxygen atoms in total. The van der Waals surface area contributed by atoms with Crippen molar-refractivity contribution in [1.82, 2.24) is 4.98 Å². The Bertz CT molecular complexity index is 1500. The Morgan fingerprint density at radius 2 is 1.82 bits per heavy atom. The monoisotopic (exact) mass is 449 g/mol. The van der Waals surface area contributed by atoms with Crippen molar-refractivity contribution in [1.29, 1.82) is 0 Å². The minimum absolute atomic E-state index is 0.0298. The highest BCUT2D eigenvalue weighted by Gasteiger charge is 2.29. The topological polar surface area (TPSA) is 26.0 Å². The lowest BCUT2D eigenvalue weighted by Crippen LogP contribution is -2.12. The van der Waals surface area contributed by atoms with Crippen LogP contribution in [0.15, 0.2) is 83.5 Å². The first-order valence-corrected chi connectivity index (χ1v) is 12.4. The van der Waals surface area contributed by atoms with Crippen molar-refractivity contribution in [3.63, 3.8) is 0 Å². The average molecular weight is 450 g/mol. The largest absolute Gasteiger partial charge is 0.446 e. The molecule has 0 bridgehead atoms. The van der Waals surface area contributed by atoms with Crippen molar-refractivity contribution in [2.24, 2.45) is 5.92 Å². The van der Waals surface area contributed by atoms with Crippen LogP contribution >= 0.6 is 11.8 Å². The fraction of sp³-hybridized carbons (Fsp3) is 0.233. The quantitative estimate of drug-likeness (QED) is 0.307. The number of nitrogens with zero attached hydrogens (tertiary/aromatic N) is 1. The molecule has 0 fully saturated rings. The normalized spacial score (nSPS) is 19.9. The summed E-state index contributed by atoms with van der Waals surface area (Å²) in [4.78, 5) is 6.30. The summed E-state index contributed by atoms with van der Waals surface area (Å²) in [5.41, 5.74) is 6.55. The molecular formula is C30H27NOS. The summed E-state index contributed by atoms with van der Waals surface area (Å²) >= 11 is 1.94. The van der Waals surface area contributed by atoms with Crippen molar-refractivity contribution in [3.8, 4) is 11.3 Å². The maximum Gasteiger partial charge on any atom is 0.227 e. The van der Waals surface area contributed by atoms with Gasteiger partial charge in [-0.2, -0.15) is 0 Å². The molecular weight excluding hydrogens is 422 g/mol. The van der Waals surface area contributed by atoms with E-state index in [4.69, 9.17) is 9.40 Å². The third-order valence-corrected chi connectivity index (χ3v) is 8.04. The summed E-state index contributed by atoms with van der Waals surface area (Å²) < 4.78 is 5.94. The van der Waals surface area contributed by atoms with Crippen LogP contribution in [0.3, 0.4) is 0 Å². The molecule has 2 aromatic carbocycles. The number of hydrogen-bond donors (Lipinski definition) is 0. The molecule has 1 aliphatic carbocycles. The van der Waals surface area contributed by atoms with E-state index in [1.165, 1.54) is 26.8 Å². The zero-order valence-electron chi connectivity index (χ0n) is 19.4. The molecule has 0 saturated heterocycles. The fourth-order valence-corrected chi connectivity index (χ4v) is 6.31. The Hall–Kier alpha value is -3.04. The van der Waals surface area contributed by atoms with Crippen LogP contribution < -0.4 is 0 Å². The molecule has 3 heterocycles. The Labute approximate surface area is 199 Å². The zero-order chi connectivity index (χ0) is 22.7. The second-order valence-corrected chi connectivity index (χ2v) is 11.3. The van der Waals surface area contributed by atoms with Crippen LogP contribution in [0.5, 0.6) is 0 Å². The number of benzene rings is 2. The fourth-order valence-electron chi connectivity index (χ4n) is 5.00. The van der Waals surface area contributed by atoms with E-state index in [9.17, 15) is 0 Å². The summed E-state index contributed by atoms with van der Waals surface area (Å²) in [6.45, 7) is 8.94. The maximum atomic E-state index is 5.94. The maximum absolute atomic E-state index is 5.94. The Kier molecular flexibility index (Phi) is 4.67. The summed E-state index contributed by atoms with van der Waals surface area (Å²) in [5.74, 6) is 0.446. The number of thioether (sulfide) groups is 1. The smallest absolute Gasteiger partial charge is 0.227 e. The molecule has 2 aromatic heterocycles. The molecule has 2 aliphatic rings. The van der Waals surface area contributed by atoms with Gasteiger partial charge in [-0.25, -0.2) is 4.98 Å². The van der Waals surface area contributed by atoms with Crippen LogP contribution in [0.4, 0.5) is 0 Å². The lowest BCUT2D eigenvalue weighted by atomic mass is 9.82. The van der Waals surface area contributed by atoms with Crippen LogP contribution in [0.2, 0.25) is 0 Å². The summed E-state index contributed by atoms with van der Waals surface area (Å²) in [5, 5.41) is 4.15. The van der Waals surface area contributed by atoms with Gasteiger partial charge in [-0.1, -0.05) is 75.4 Å². The zero-order valence-corrected chi connectivity index (χ0v) is 20.2. The Balaban J connectivity index is 1.57. The Morgan fingerprint density at radius 3 is 2.64 bits per heavy atom. The highest BCUT2D eigenvalue weighted by Crippen LogP contribution is 2.47. The summed E-state index contributed by atoms with van der Waals surface area (Å²) in [7, 11) is 0. The SMILES string of the molecule is Cc1coc2nc(-c3cc(C(C)(C)C)c4ccccc4c3)cc(C3=CC4C=CC=CC4S3)c12. The molecule has 164 valence electrons. The first-order valence-electron chi connectivity index (χ1n) is 11.5. The van der Waals surface area contributed by atoms with Gasteiger partial charge >= 0.3 is 0 Å². The van der Waals surface area contributed by atoms with Gasteiger partial charge in [0.15, 0.2) is 0 Å². The lowest BCUT2D eigenvalue weighted by molar-refractivity contribution is 0.596. The third kappa shape index (κ3) is 3.46. The van der Waals surface area contributed by atoms with Gasteiger partial charge in [0, 0.05) is 27.2 Å². The first kappa shape index (κ1) is 20.6. The molecule has 3 heteroatoms. The second-order valence-electron chi connectivity index (χ2n) is 10.1. The van der Waals surface area contributed by atoms with Gasteiger partial charge in [0.25, 0.3) is 0 Å². The number of pyridine rings is 1. The summed E-state index contributed by atoms with van der Waals surface area (Å²) in [6, 6.07) is 15.5. The average Bonchev–Trinajstić information content (AvgIpc) is 3.41. The molecule has 0 amide bonds. The molecule has 1 aliphatic heterocycles. The van der Waals surface area contributed by atoms with Crippen LogP contribution in [0, 0.1) is 12.8 Å². The first-order chi connectivity index (χ1) is 15.9. The number of rotatable bonds is 2. The van der Waals surface area contributed by atoms with E-state index in [0.717, 1.165) is 22.2 Å². The van der Waals surface area contributed by atoms with Crippen LogP contribution in [-0.2, 0) is 5.41 Å². The predicted octanol–water partition coefficient (Wildman–Crippen LogP) is 8.45. The van der Waals surface area contributed by atoms with Gasteiger partial charge in [0.1, 0.15) is 0 Å². The number of fused-ring (bicyclic) bond motifs is 3. The molecule has 0 spiro atoms. The van der Waals surface area contributed by atoms with Crippen LogP contribution in [0.1, 0.15) is 37.5 Å². The molecule has 33 heavy (non-hydrogen) atoms. The lowest BCUT2D eigenvalue weighted by Gasteiger charge is -2.23. The number of aromatic nitrogens is 1. The van der Waals surface area contributed by atoms with E-state index < -0.39 is 0 Å². The molecule has 0 radical (unpaired) electrons. The molecule has 0 N–H and O–H groups in total.